The van der Waals surface area contributed by atoms with Gasteiger partial charge in [-0.15, -0.1) is 0 Å². The number of methoxy groups -OCH3 is 1. The topological polar surface area (TPSA) is 133 Å². The van der Waals surface area contributed by atoms with Crippen LogP contribution in [0.4, 0.5) is 0 Å². The van der Waals surface area contributed by atoms with E-state index in [0.29, 0.717) is 25.7 Å². The molecule has 0 unspecified atom stereocenters. The number of carbonyl (C=O) groups is 3. The number of ether oxygens (including phenoxy) is 1. The minimum Gasteiger partial charge on any atom is -0.497 e. The van der Waals surface area contributed by atoms with Crippen molar-refractivity contribution in [3.05, 3.63) is 65.9 Å². The molecule has 2 aromatic carbocycles. The molecule has 9 heteroatoms. The Kier molecular flexibility index (Phi) is 9.25. The van der Waals surface area contributed by atoms with Gasteiger partial charge in [0.1, 0.15) is 11.8 Å². The van der Waals surface area contributed by atoms with Crippen LogP contribution >= 0.6 is 0 Å². The van der Waals surface area contributed by atoms with Crippen LogP contribution < -0.4 is 20.9 Å². The van der Waals surface area contributed by atoms with E-state index in [4.69, 9.17) is 9.94 Å². The fourth-order valence-corrected chi connectivity index (χ4v) is 4.13. The SMILES string of the molecule is CNC(=O)[C@H](Cc1c[nH]c2ccccc12)NC(=O)[C@H](CCCc1ccc(OC)cc1)CC(=O)NO. The molecule has 5 N–H and O–H groups in total. The van der Waals surface area contributed by atoms with E-state index in [9.17, 15) is 14.4 Å². The molecule has 0 saturated heterocycles. The number of rotatable bonds is 12. The summed E-state index contributed by atoms with van der Waals surface area (Å²) in [6.07, 6.45) is 3.72. The van der Waals surface area contributed by atoms with Gasteiger partial charge in [-0.2, -0.15) is 0 Å². The average molecular weight is 481 g/mol. The summed E-state index contributed by atoms with van der Waals surface area (Å²) in [7, 11) is 3.12. The van der Waals surface area contributed by atoms with E-state index in [1.165, 1.54) is 7.05 Å². The van der Waals surface area contributed by atoms with Gasteiger partial charge in [-0.25, -0.2) is 5.48 Å². The molecule has 0 aliphatic rings. The standard InChI is InChI=1S/C26H32N4O5/c1-27-26(33)23(14-19-16-28-22-9-4-3-8-21(19)22)29-25(32)18(15-24(31)30-34)7-5-6-17-10-12-20(35-2)13-11-17/h3-4,8-13,16,18,23,28,34H,5-7,14-15H2,1-2H3,(H,27,33)(H,29,32)(H,30,31)/t18-,23+/m1/s1. The minimum atomic E-state index is -0.812. The average Bonchev–Trinajstić information content (AvgIpc) is 3.30. The highest BCUT2D eigenvalue weighted by molar-refractivity contribution is 5.91. The maximum Gasteiger partial charge on any atom is 0.244 e. The van der Waals surface area contributed by atoms with E-state index in [2.05, 4.69) is 15.6 Å². The normalized spacial score (nSPS) is 12.5. The molecule has 0 radical (unpaired) electrons. The third-order valence-electron chi connectivity index (χ3n) is 6.08. The molecule has 0 aliphatic heterocycles. The van der Waals surface area contributed by atoms with Crippen molar-refractivity contribution in [3.63, 3.8) is 0 Å². The van der Waals surface area contributed by atoms with Crippen LogP contribution in [-0.4, -0.2) is 48.1 Å². The van der Waals surface area contributed by atoms with E-state index in [1.807, 2.05) is 54.7 Å². The summed E-state index contributed by atoms with van der Waals surface area (Å²) in [5.74, 6) is -1.32. The molecule has 0 spiro atoms. The van der Waals surface area contributed by atoms with Crippen molar-refractivity contribution in [2.75, 3.05) is 14.2 Å². The lowest BCUT2D eigenvalue weighted by molar-refractivity contribution is -0.136. The van der Waals surface area contributed by atoms with Gasteiger partial charge in [-0.1, -0.05) is 30.3 Å². The van der Waals surface area contributed by atoms with Crippen molar-refractivity contribution in [1.82, 2.24) is 21.1 Å². The van der Waals surface area contributed by atoms with Crippen molar-refractivity contribution in [2.24, 2.45) is 5.92 Å². The third kappa shape index (κ3) is 7.07. The Bertz CT molecular complexity index is 1140. The van der Waals surface area contributed by atoms with Gasteiger partial charge in [-0.3, -0.25) is 19.6 Å². The van der Waals surface area contributed by atoms with Gasteiger partial charge in [0.15, 0.2) is 0 Å². The number of nitrogens with one attached hydrogen (secondary N) is 4. The molecule has 3 aromatic rings. The predicted molar refractivity (Wildman–Crippen MR) is 132 cm³/mol. The number of amides is 3. The lowest BCUT2D eigenvalue weighted by atomic mass is 9.94. The summed E-state index contributed by atoms with van der Waals surface area (Å²) in [6.45, 7) is 0. The van der Waals surface area contributed by atoms with Crippen LogP contribution in [0.1, 0.15) is 30.4 Å². The number of para-hydroxylation sites is 1. The monoisotopic (exact) mass is 480 g/mol. The van der Waals surface area contributed by atoms with Gasteiger partial charge in [0, 0.05) is 42.9 Å². The van der Waals surface area contributed by atoms with Gasteiger partial charge in [0.25, 0.3) is 0 Å². The Balaban J connectivity index is 1.68. The van der Waals surface area contributed by atoms with Crippen LogP contribution in [0.5, 0.6) is 5.75 Å². The van der Waals surface area contributed by atoms with Crippen LogP contribution in [0.15, 0.2) is 54.7 Å². The first kappa shape index (κ1) is 25.8. The van der Waals surface area contributed by atoms with E-state index in [0.717, 1.165) is 27.8 Å². The Labute approximate surface area is 204 Å². The number of aromatic nitrogens is 1. The number of benzene rings is 2. The lowest BCUT2D eigenvalue weighted by Crippen LogP contribution is -2.49. The fourth-order valence-electron chi connectivity index (χ4n) is 4.13. The second-order valence-electron chi connectivity index (χ2n) is 8.42. The van der Waals surface area contributed by atoms with Crippen molar-refractivity contribution in [1.29, 1.82) is 0 Å². The quantitative estimate of drug-likeness (QED) is 0.201. The zero-order chi connectivity index (χ0) is 25.2. The molecule has 3 rings (SSSR count). The van der Waals surface area contributed by atoms with Crippen molar-refractivity contribution in [2.45, 2.75) is 38.1 Å². The highest BCUT2D eigenvalue weighted by Gasteiger charge is 2.27. The second kappa shape index (κ2) is 12.6. The first-order chi connectivity index (χ1) is 16.9. The molecule has 1 heterocycles. The van der Waals surface area contributed by atoms with Gasteiger partial charge in [0.05, 0.1) is 7.11 Å². The number of hydroxylamine groups is 1. The predicted octanol–water partition coefficient (Wildman–Crippen LogP) is 2.48. The number of hydrogen-bond donors (Lipinski definition) is 5. The molecule has 186 valence electrons. The van der Waals surface area contributed by atoms with Gasteiger partial charge in [-0.05, 0) is 48.6 Å². The summed E-state index contributed by atoms with van der Waals surface area (Å²) >= 11 is 0. The Morgan fingerprint density at radius 2 is 1.80 bits per heavy atom. The number of likely N-dealkylation sites (N-methyl/N-ethyl adjacent to an activating group) is 1. The molecule has 0 saturated carbocycles. The number of H-pyrrole nitrogens is 1. The van der Waals surface area contributed by atoms with Gasteiger partial charge in [0.2, 0.25) is 17.7 Å². The van der Waals surface area contributed by atoms with Gasteiger partial charge >= 0.3 is 0 Å². The van der Waals surface area contributed by atoms with Crippen LogP contribution in [0, 0.1) is 5.92 Å². The van der Waals surface area contributed by atoms with Crippen LogP contribution in [0.3, 0.4) is 0 Å². The van der Waals surface area contributed by atoms with E-state index in [-0.39, 0.29) is 12.3 Å². The zero-order valence-electron chi connectivity index (χ0n) is 20.0. The molecule has 2 atom stereocenters. The second-order valence-corrected chi connectivity index (χ2v) is 8.42. The maximum atomic E-state index is 13.2. The van der Waals surface area contributed by atoms with Crippen LogP contribution in [0.2, 0.25) is 0 Å². The summed E-state index contributed by atoms with van der Waals surface area (Å²) in [5, 5.41) is 15.4. The summed E-state index contributed by atoms with van der Waals surface area (Å²) in [6, 6.07) is 14.6. The Hall–Kier alpha value is -3.85. The lowest BCUT2D eigenvalue weighted by Gasteiger charge is -2.21. The Morgan fingerprint density at radius 1 is 1.06 bits per heavy atom. The first-order valence-electron chi connectivity index (χ1n) is 11.6. The fraction of sp³-hybridized carbons (Fsp3) is 0.346. The number of hydrogen-bond acceptors (Lipinski definition) is 5. The molecule has 35 heavy (non-hydrogen) atoms. The zero-order valence-corrected chi connectivity index (χ0v) is 20.0. The molecule has 0 fully saturated rings. The summed E-state index contributed by atoms with van der Waals surface area (Å²) in [4.78, 5) is 40.8. The van der Waals surface area contributed by atoms with E-state index in [1.54, 1.807) is 12.6 Å². The van der Waals surface area contributed by atoms with Gasteiger partial charge < -0.3 is 20.4 Å². The van der Waals surface area contributed by atoms with Crippen LogP contribution in [-0.2, 0) is 27.2 Å². The molecule has 9 nitrogen and oxygen atoms in total. The molecule has 0 aliphatic carbocycles. The maximum absolute atomic E-state index is 13.2. The molecular formula is C26H32N4O5. The number of aromatic amines is 1. The molecule has 3 amide bonds. The highest BCUT2D eigenvalue weighted by Crippen LogP contribution is 2.21. The first-order valence-corrected chi connectivity index (χ1v) is 11.6. The number of aryl methyl sites for hydroxylation is 1. The summed E-state index contributed by atoms with van der Waals surface area (Å²) < 4.78 is 5.17. The van der Waals surface area contributed by atoms with E-state index >= 15 is 0 Å². The smallest absolute Gasteiger partial charge is 0.244 e. The number of carbonyl (C=O) groups excluding carboxylic acids is 3. The summed E-state index contributed by atoms with van der Waals surface area (Å²) in [5.41, 5.74) is 4.53. The van der Waals surface area contributed by atoms with Crippen molar-refractivity contribution in [3.8, 4) is 5.75 Å². The number of fused-ring (bicyclic) bond motifs is 1. The minimum absolute atomic E-state index is 0.182. The molecular weight excluding hydrogens is 448 g/mol. The molecule has 1 aromatic heterocycles. The van der Waals surface area contributed by atoms with E-state index < -0.39 is 23.8 Å². The van der Waals surface area contributed by atoms with Crippen LogP contribution in [0.25, 0.3) is 10.9 Å². The molecule has 0 bridgehead atoms. The van der Waals surface area contributed by atoms with Crippen molar-refractivity contribution >= 4 is 28.6 Å². The largest absolute Gasteiger partial charge is 0.497 e. The Morgan fingerprint density at radius 3 is 2.49 bits per heavy atom. The third-order valence-corrected chi connectivity index (χ3v) is 6.08. The van der Waals surface area contributed by atoms with Crippen molar-refractivity contribution < 1.29 is 24.3 Å². The highest BCUT2D eigenvalue weighted by atomic mass is 16.5.